The zero-order chi connectivity index (χ0) is 12.4. The van der Waals surface area contributed by atoms with Crippen molar-refractivity contribution in [2.75, 3.05) is 5.73 Å². The number of carbonyl (C=O) groups excluding carboxylic acids is 1. The Morgan fingerprint density at radius 3 is 2.24 bits per heavy atom. The summed E-state index contributed by atoms with van der Waals surface area (Å²) in [6, 6.07) is 11.0. The van der Waals surface area contributed by atoms with Crippen molar-refractivity contribution in [3.63, 3.8) is 0 Å². The molecule has 2 aromatic carbocycles. The molecule has 0 saturated carbocycles. The lowest BCUT2D eigenvalue weighted by Gasteiger charge is -2.03. The summed E-state index contributed by atoms with van der Waals surface area (Å²) >= 11 is 5.74. The number of hydrogen-bond acceptors (Lipinski definition) is 3. The van der Waals surface area contributed by atoms with E-state index in [0.717, 1.165) is 0 Å². The van der Waals surface area contributed by atoms with E-state index >= 15 is 0 Å². The van der Waals surface area contributed by atoms with Crippen molar-refractivity contribution in [1.82, 2.24) is 0 Å². The minimum Gasteiger partial charge on any atom is -0.506 e. The van der Waals surface area contributed by atoms with E-state index in [0.29, 0.717) is 16.1 Å². The first-order valence-corrected chi connectivity index (χ1v) is 5.34. The molecule has 0 aromatic heterocycles. The maximum Gasteiger partial charge on any atom is 0.193 e. The molecular formula is C13H10ClNO2. The Morgan fingerprint density at radius 2 is 1.65 bits per heavy atom. The predicted octanol–water partition coefficient (Wildman–Crippen LogP) is 2.86. The van der Waals surface area contributed by atoms with Crippen LogP contribution in [0.15, 0.2) is 42.5 Å². The molecule has 3 nitrogen and oxygen atoms in total. The smallest absolute Gasteiger partial charge is 0.193 e. The molecule has 0 aliphatic carbocycles. The third-order valence-electron chi connectivity index (χ3n) is 2.40. The molecule has 4 heteroatoms. The highest BCUT2D eigenvalue weighted by molar-refractivity contribution is 6.30. The standard InChI is InChI=1S/C13H10ClNO2/c14-10-4-1-8(2-5-10)13(17)9-3-6-11(15)12(16)7-9/h1-7,16H,15H2. The van der Waals surface area contributed by atoms with E-state index in [1.807, 2.05) is 0 Å². The Balaban J connectivity index is 2.37. The molecule has 0 unspecified atom stereocenters. The number of nitrogens with two attached hydrogens (primary N) is 1. The minimum absolute atomic E-state index is 0.0928. The average molecular weight is 248 g/mol. The Hall–Kier alpha value is -2.00. The third-order valence-corrected chi connectivity index (χ3v) is 2.65. The van der Waals surface area contributed by atoms with E-state index in [1.54, 1.807) is 30.3 Å². The van der Waals surface area contributed by atoms with Gasteiger partial charge in [0, 0.05) is 16.1 Å². The number of benzene rings is 2. The van der Waals surface area contributed by atoms with Crippen molar-refractivity contribution < 1.29 is 9.90 Å². The second-order valence-corrected chi connectivity index (χ2v) is 4.05. The number of ketones is 1. The molecular weight excluding hydrogens is 238 g/mol. The molecule has 3 N–H and O–H groups in total. The Labute approximate surface area is 103 Å². The summed E-state index contributed by atoms with van der Waals surface area (Å²) in [4.78, 5) is 12.0. The van der Waals surface area contributed by atoms with Crippen LogP contribution in [0, 0.1) is 0 Å². The van der Waals surface area contributed by atoms with Crippen molar-refractivity contribution in [3.8, 4) is 5.75 Å². The summed E-state index contributed by atoms with van der Waals surface area (Å²) in [5.41, 5.74) is 6.62. The van der Waals surface area contributed by atoms with Gasteiger partial charge < -0.3 is 10.8 Å². The quantitative estimate of drug-likeness (QED) is 0.487. The van der Waals surface area contributed by atoms with Gasteiger partial charge in [-0.3, -0.25) is 4.79 Å². The van der Waals surface area contributed by atoms with E-state index in [9.17, 15) is 9.90 Å². The predicted molar refractivity (Wildman–Crippen MR) is 67.4 cm³/mol. The first-order chi connectivity index (χ1) is 8.08. The number of nitrogen functional groups attached to an aromatic ring is 1. The second-order valence-electron chi connectivity index (χ2n) is 3.61. The summed E-state index contributed by atoms with van der Waals surface area (Å²) in [6.45, 7) is 0. The molecule has 0 saturated heterocycles. The largest absolute Gasteiger partial charge is 0.506 e. The maximum absolute atomic E-state index is 12.0. The van der Waals surface area contributed by atoms with Gasteiger partial charge in [-0.05, 0) is 42.5 Å². The topological polar surface area (TPSA) is 63.3 Å². The fourth-order valence-electron chi connectivity index (χ4n) is 1.45. The van der Waals surface area contributed by atoms with Gasteiger partial charge in [-0.2, -0.15) is 0 Å². The molecule has 0 aliphatic heterocycles. The average Bonchev–Trinajstić information content (AvgIpc) is 2.33. The maximum atomic E-state index is 12.0. The van der Waals surface area contributed by atoms with Crippen molar-refractivity contribution in [1.29, 1.82) is 0 Å². The van der Waals surface area contributed by atoms with Gasteiger partial charge in [0.1, 0.15) is 5.75 Å². The van der Waals surface area contributed by atoms with E-state index in [4.69, 9.17) is 17.3 Å². The number of anilines is 1. The van der Waals surface area contributed by atoms with Gasteiger partial charge in [-0.25, -0.2) is 0 Å². The number of phenolic OH excluding ortho intramolecular Hbond substituents is 1. The number of halogens is 1. The van der Waals surface area contributed by atoms with Gasteiger partial charge in [0.05, 0.1) is 5.69 Å². The number of rotatable bonds is 2. The van der Waals surface area contributed by atoms with Crippen molar-refractivity contribution in [3.05, 3.63) is 58.6 Å². The Kier molecular flexibility index (Phi) is 3.02. The zero-order valence-electron chi connectivity index (χ0n) is 8.85. The molecule has 0 heterocycles. The molecule has 0 radical (unpaired) electrons. The number of hydrogen-bond donors (Lipinski definition) is 2. The summed E-state index contributed by atoms with van der Waals surface area (Å²) in [5, 5.41) is 10.0. The molecule has 2 aromatic rings. The lowest BCUT2D eigenvalue weighted by Crippen LogP contribution is -2.01. The van der Waals surface area contributed by atoms with Crippen molar-refractivity contribution in [2.24, 2.45) is 0 Å². The Morgan fingerprint density at radius 1 is 1.06 bits per heavy atom. The third kappa shape index (κ3) is 2.40. The highest BCUT2D eigenvalue weighted by Crippen LogP contribution is 2.22. The van der Waals surface area contributed by atoms with Crippen LogP contribution in [0.1, 0.15) is 15.9 Å². The normalized spacial score (nSPS) is 10.2. The van der Waals surface area contributed by atoms with Crippen LogP contribution in [0.3, 0.4) is 0 Å². The first kappa shape index (κ1) is 11.5. The van der Waals surface area contributed by atoms with Gasteiger partial charge in [0.15, 0.2) is 5.78 Å². The number of carbonyl (C=O) groups is 1. The van der Waals surface area contributed by atoms with Gasteiger partial charge in [-0.1, -0.05) is 11.6 Å². The van der Waals surface area contributed by atoms with Crippen LogP contribution in [-0.2, 0) is 0 Å². The van der Waals surface area contributed by atoms with Gasteiger partial charge in [-0.15, -0.1) is 0 Å². The second kappa shape index (κ2) is 4.47. The van der Waals surface area contributed by atoms with Crippen LogP contribution in [0.4, 0.5) is 5.69 Å². The van der Waals surface area contributed by atoms with Crippen LogP contribution >= 0.6 is 11.6 Å². The molecule has 86 valence electrons. The molecule has 0 atom stereocenters. The molecule has 0 spiro atoms. The van der Waals surface area contributed by atoms with E-state index in [2.05, 4.69) is 0 Å². The fourth-order valence-corrected chi connectivity index (χ4v) is 1.58. The number of phenols is 1. The van der Waals surface area contributed by atoms with Crippen LogP contribution in [0.5, 0.6) is 5.75 Å². The first-order valence-electron chi connectivity index (χ1n) is 4.96. The molecule has 0 aliphatic rings. The minimum atomic E-state index is -0.183. The summed E-state index contributed by atoms with van der Waals surface area (Å²) < 4.78 is 0. The fraction of sp³-hybridized carbons (Fsp3) is 0. The molecule has 0 bridgehead atoms. The monoisotopic (exact) mass is 247 g/mol. The van der Waals surface area contributed by atoms with Crippen molar-refractivity contribution in [2.45, 2.75) is 0 Å². The molecule has 17 heavy (non-hydrogen) atoms. The summed E-state index contributed by atoms with van der Waals surface area (Å²) in [6.07, 6.45) is 0. The van der Waals surface area contributed by atoms with Crippen LogP contribution in [0.2, 0.25) is 5.02 Å². The summed E-state index contributed by atoms with van der Waals surface area (Å²) in [7, 11) is 0. The highest BCUT2D eigenvalue weighted by atomic mass is 35.5. The van der Waals surface area contributed by atoms with Crippen molar-refractivity contribution >= 4 is 23.1 Å². The summed E-state index contributed by atoms with van der Waals surface area (Å²) in [5.74, 6) is -0.276. The lowest BCUT2D eigenvalue weighted by molar-refractivity contribution is 0.103. The highest BCUT2D eigenvalue weighted by Gasteiger charge is 2.10. The Bertz CT molecular complexity index is 564. The van der Waals surface area contributed by atoms with Gasteiger partial charge in [0.2, 0.25) is 0 Å². The molecule has 2 rings (SSSR count). The number of aromatic hydroxyl groups is 1. The van der Waals surface area contributed by atoms with Crippen LogP contribution in [0.25, 0.3) is 0 Å². The lowest BCUT2D eigenvalue weighted by atomic mass is 10.0. The molecule has 0 amide bonds. The van der Waals surface area contributed by atoms with Crippen LogP contribution in [-0.4, -0.2) is 10.9 Å². The van der Waals surface area contributed by atoms with E-state index < -0.39 is 0 Å². The van der Waals surface area contributed by atoms with E-state index in [-0.39, 0.29) is 17.2 Å². The van der Waals surface area contributed by atoms with Gasteiger partial charge in [0.25, 0.3) is 0 Å². The van der Waals surface area contributed by atoms with E-state index in [1.165, 1.54) is 12.1 Å². The zero-order valence-corrected chi connectivity index (χ0v) is 9.61. The van der Waals surface area contributed by atoms with Crippen LogP contribution < -0.4 is 5.73 Å². The van der Waals surface area contributed by atoms with Gasteiger partial charge >= 0.3 is 0 Å². The SMILES string of the molecule is Nc1ccc(C(=O)c2ccc(Cl)cc2)cc1O. The molecule has 0 fully saturated rings.